The quantitative estimate of drug-likeness (QED) is 0.174. The molecule has 1 nitrogen and oxygen atoms in total. The Bertz CT molecular complexity index is 3200. The van der Waals surface area contributed by atoms with E-state index in [1.165, 1.54) is 76.1 Å². The number of fused-ring (bicyclic) bond motifs is 10. The number of benzene rings is 10. The maximum Gasteiger partial charge on any atom is 0.136 e. The van der Waals surface area contributed by atoms with Crippen LogP contribution in [0.1, 0.15) is 0 Å². The monoisotopic (exact) mass is 646 g/mol. The van der Waals surface area contributed by atoms with Gasteiger partial charge in [-0.25, -0.2) is 0 Å². The highest BCUT2D eigenvalue weighted by Crippen LogP contribution is 2.40. The lowest BCUT2D eigenvalue weighted by atomic mass is 9.90. The van der Waals surface area contributed by atoms with Crippen LogP contribution < -0.4 is 0 Å². The molecule has 0 spiro atoms. The van der Waals surface area contributed by atoms with Crippen LogP contribution in [0.5, 0.6) is 0 Å². The van der Waals surface area contributed by atoms with E-state index in [4.69, 9.17) is 4.42 Å². The highest BCUT2D eigenvalue weighted by atomic mass is 16.3. The van der Waals surface area contributed by atoms with E-state index >= 15 is 0 Å². The highest BCUT2D eigenvalue weighted by Gasteiger charge is 2.13. The van der Waals surface area contributed by atoms with E-state index in [0.717, 1.165) is 33.1 Å². The lowest BCUT2D eigenvalue weighted by molar-refractivity contribution is 0.669. The molecule has 1 heteroatoms. The number of hydrogen-bond acceptors (Lipinski definition) is 1. The molecule has 0 aliphatic rings. The van der Waals surface area contributed by atoms with E-state index in [2.05, 4.69) is 182 Å². The van der Waals surface area contributed by atoms with Crippen LogP contribution in [0.15, 0.2) is 186 Å². The predicted molar refractivity (Wildman–Crippen MR) is 218 cm³/mol. The molecule has 0 unspecified atom stereocenters. The maximum atomic E-state index is 6.51. The van der Waals surface area contributed by atoms with Crippen molar-refractivity contribution in [1.29, 1.82) is 0 Å². The average molecular weight is 647 g/mol. The van der Waals surface area contributed by atoms with Crippen molar-refractivity contribution in [3.8, 4) is 33.4 Å². The molecule has 0 fully saturated rings. The summed E-state index contributed by atoms with van der Waals surface area (Å²) < 4.78 is 6.51. The summed E-state index contributed by atoms with van der Waals surface area (Å²) in [5, 5.41) is 14.9. The normalized spacial score (nSPS) is 11.9. The number of furan rings is 1. The Hall–Kier alpha value is -6.70. The fourth-order valence-electron chi connectivity index (χ4n) is 8.20. The summed E-state index contributed by atoms with van der Waals surface area (Å²) in [5.41, 5.74) is 8.99. The van der Waals surface area contributed by atoms with Crippen LogP contribution >= 0.6 is 0 Å². The van der Waals surface area contributed by atoms with Gasteiger partial charge in [-0.2, -0.15) is 0 Å². The van der Waals surface area contributed by atoms with Crippen LogP contribution in [0, 0.1) is 0 Å². The number of rotatable bonds is 3. The smallest absolute Gasteiger partial charge is 0.136 e. The molecule has 0 aliphatic heterocycles. The van der Waals surface area contributed by atoms with E-state index < -0.39 is 0 Å². The van der Waals surface area contributed by atoms with Crippen LogP contribution in [0.2, 0.25) is 0 Å². The molecule has 0 aliphatic carbocycles. The summed E-state index contributed by atoms with van der Waals surface area (Å²) in [5.74, 6) is 0. The molecule has 236 valence electrons. The van der Waals surface area contributed by atoms with Crippen molar-refractivity contribution < 1.29 is 4.42 Å². The van der Waals surface area contributed by atoms with Gasteiger partial charge in [0.1, 0.15) is 11.2 Å². The first-order valence-electron chi connectivity index (χ1n) is 17.6. The zero-order valence-corrected chi connectivity index (χ0v) is 27.7. The Balaban J connectivity index is 0.975. The standard InChI is InChI=1S/C50H30O/c1-2-9-33-25-35(14-13-31(33)7-1)38-20-23-45-46-24-21-39(29-50(46)51-49(45)28-38)36-15-16-37-27-40(18-17-34(37)26-36)47-30-48-41-10-4-3-8-32(41)19-22-44(48)42-11-5-6-12-43(42)47/h1-30H. The fraction of sp³-hybridized carbons (Fsp3) is 0. The SMILES string of the molecule is c1ccc2cc(-c3ccc4c(c3)oc3cc(-c5ccc6cc(-c7cc8c9ccccc9ccc8c8ccccc78)ccc6c5)ccc34)ccc2c1. The lowest BCUT2D eigenvalue weighted by Gasteiger charge is -2.14. The molecule has 0 saturated heterocycles. The summed E-state index contributed by atoms with van der Waals surface area (Å²) in [6.45, 7) is 0. The van der Waals surface area contributed by atoms with Crippen molar-refractivity contribution in [3.05, 3.63) is 182 Å². The zero-order valence-electron chi connectivity index (χ0n) is 27.7. The van der Waals surface area contributed by atoms with E-state index in [9.17, 15) is 0 Å². The van der Waals surface area contributed by atoms with Gasteiger partial charge in [0, 0.05) is 10.8 Å². The second-order valence-electron chi connectivity index (χ2n) is 13.7. The molecule has 1 heterocycles. The van der Waals surface area contributed by atoms with Crippen molar-refractivity contribution in [2.24, 2.45) is 0 Å². The summed E-state index contributed by atoms with van der Waals surface area (Å²) in [7, 11) is 0. The summed E-state index contributed by atoms with van der Waals surface area (Å²) in [6.07, 6.45) is 0. The van der Waals surface area contributed by atoms with Gasteiger partial charge in [0.15, 0.2) is 0 Å². The molecule has 11 aromatic rings. The van der Waals surface area contributed by atoms with Crippen LogP contribution in [0.25, 0.3) is 109 Å². The second kappa shape index (κ2) is 10.9. The Labute approximate surface area is 294 Å². The summed E-state index contributed by atoms with van der Waals surface area (Å²) >= 11 is 0. The molecule has 10 aromatic carbocycles. The average Bonchev–Trinajstić information content (AvgIpc) is 3.57. The Morgan fingerprint density at radius 3 is 1.37 bits per heavy atom. The molecular weight excluding hydrogens is 617 g/mol. The van der Waals surface area contributed by atoms with Crippen LogP contribution in [0.4, 0.5) is 0 Å². The minimum Gasteiger partial charge on any atom is -0.456 e. The predicted octanol–water partition coefficient (Wildman–Crippen LogP) is 14.4. The molecule has 0 saturated carbocycles. The first-order valence-corrected chi connectivity index (χ1v) is 17.6. The third-order valence-electron chi connectivity index (χ3n) is 10.8. The van der Waals surface area contributed by atoms with Gasteiger partial charge in [-0.3, -0.25) is 0 Å². The molecule has 0 N–H and O–H groups in total. The van der Waals surface area contributed by atoms with Crippen LogP contribution in [-0.2, 0) is 0 Å². The van der Waals surface area contributed by atoms with Gasteiger partial charge in [-0.05, 0) is 136 Å². The third kappa shape index (κ3) is 4.49. The van der Waals surface area contributed by atoms with Gasteiger partial charge < -0.3 is 4.42 Å². The largest absolute Gasteiger partial charge is 0.456 e. The van der Waals surface area contributed by atoms with Gasteiger partial charge in [0.25, 0.3) is 0 Å². The third-order valence-corrected chi connectivity index (χ3v) is 10.8. The molecule has 11 rings (SSSR count). The summed E-state index contributed by atoms with van der Waals surface area (Å²) in [4.78, 5) is 0. The maximum absolute atomic E-state index is 6.51. The van der Waals surface area contributed by atoms with Gasteiger partial charge in [-0.1, -0.05) is 133 Å². The van der Waals surface area contributed by atoms with Gasteiger partial charge in [-0.15, -0.1) is 0 Å². The second-order valence-corrected chi connectivity index (χ2v) is 13.7. The minimum absolute atomic E-state index is 0.907. The van der Waals surface area contributed by atoms with Crippen LogP contribution in [-0.4, -0.2) is 0 Å². The molecule has 0 radical (unpaired) electrons. The molecular formula is C50H30O. The number of hydrogen-bond donors (Lipinski definition) is 0. The molecule has 0 bridgehead atoms. The minimum atomic E-state index is 0.907. The van der Waals surface area contributed by atoms with Crippen molar-refractivity contribution in [1.82, 2.24) is 0 Å². The van der Waals surface area contributed by atoms with E-state index in [0.29, 0.717) is 0 Å². The summed E-state index contributed by atoms with van der Waals surface area (Å²) in [6, 6.07) is 66.4. The van der Waals surface area contributed by atoms with Crippen LogP contribution in [0.3, 0.4) is 0 Å². The molecule has 51 heavy (non-hydrogen) atoms. The first-order chi connectivity index (χ1) is 25.2. The van der Waals surface area contributed by atoms with Crippen molar-refractivity contribution in [3.63, 3.8) is 0 Å². The zero-order chi connectivity index (χ0) is 33.5. The van der Waals surface area contributed by atoms with Crippen molar-refractivity contribution in [2.75, 3.05) is 0 Å². The van der Waals surface area contributed by atoms with Gasteiger partial charge in [0.2, 0.25) is 0 Å². The topological polar surface area (TPSA) is 13.1 Å². The Morgan fingerprint density at radius 1 is 0.235 bits per heavy atom. The van der Waals surface area contributed by atoms with Gasteiger partial charge >= 0.3 is 0 Å². The van der Waals surface area contributed by atoms with E-state index in [1.54, 1.807) is 0 Å². The van der Waals surface area contributed by atoms with E-state index in [-0.39, 0.29) is 0 Å². The fourth-order valence-corrected chi connectivity index (χ4v) is 8.20. The molecule has 1 aromatic heterocycles. The molecule has 0 atom stereocenters. The highest BCUT2D eigenvalue weighted by molar-refractivity contribution is 6.21. The van der Waals surface area contributed by atoms with E-state index in [1.807, 2.05) is 0 Å². The van der Waals surface area contributed by atoms with Crippen molar-refractivity contribution >= 4 is 75.8 Å². The van der Waals surface area contributed by atoms with Crippen molar-refractivity contribution in [2.45, 2.75) is 0 Å². The first kappa shape index (κ1) is 28.2. The van der Waals surface area contributed by atoms with Gasteiger partial charge in [0.05, 0.1) is 0 Å². The lowest BCUT2D eigenvalue weighted by Crippen LogP contribution is -1.87. The molecule has 0 amide bonds. The Kier molecular flexibility index (Phi) is 6.02. The Morgan fingerprint density at radius 2 is 0.667 bits per heavy atom.